The van der Waals surface area contributed by atoms with E-state index in [-0.39, 0.29) is 29.9 Å². The third-order valence-corrected chi connectivity index (χ3v) is 6.72. The molecular formula is C32H58O6. The molecule has 0 heterocycles. The Kier molecular flexibility index (Phi) is 25.4. The Hall–Kier alpha value is -1.98. The molecule has 0 amide bonds. The van der Waals surface area contributed by atoms with Gasteiger partial charge in [0.25, 0.3) is 0 Å². The first-order valence-corrected chi connectivity index (χ1v) is 14.9. The van der Waals surface area contributed by atoms with Crippen LogP contribution in [0.25, 0.3) is 0 Å². The lowest BCUT2D eigenvalue weighted by molar-refractivity contribution is -0.150. The molecule has 0 spiro atoms. The number of allylic oxidation sites excluding steroid dienone is 2. The van der Waals surface area contributed by atoms with Crippen LogP contribution < -0.4 is 0 Å². The SMILES string of the molecule is CC[C@H](OC(C)=O)[C@H](C)C/C=C/CCCCC(C)=O.CC[C@H](OC(C)=O)[C@H](C)CCCCCCCC(C)=O. The molecule has 0 aliphatic heterocycles. The molecule has 0 aromatic carbocycles. The molecule has 0 unspecified atom stereocenters. The molecule has 0 saturated heterocycles. The van der Waals surface area contributed by atoms with Gasteiger partial charge in [-0.15, -0.1) is 0 Å². The maximum atomic E-state index is 11.0. The number of hydrogen-bond donors (Lipinski definition) is 0. The fourth-order valence-corrected chi connectivity index (χ4v) is 4.40. The lowest BCUT2D eigenvalue weighted by Gasteiger charge is -2.22. The van der Waals surface area contributed by atoms with Gasteiger partial charge in [0.05, 0.1) is 0 Å². The molecule has 0 bridgehead atoms. The molecular weight excluding hydrogens is 480 g/mol. The minimum atomic E-state index is -0.202. The van der Waals surface area contributed by atoms with Crippen molar-refractivity contribution in [3.8, 4) is 0 Å². The van der Waals surface area contributed by atoms with E-state index in [0.29, 0.717) is 24.0 Å². The molecule has 0 aliphatic carbocycles. The summed E-state index contributed by atoms with van der Waals surface area (Å²) >= 11 is 0. The third-order valence-electron chi connectivity index (χ3n) is 6.72. The van der Waals surface area contributed by atoms with Crippen LogP contribution in [0.3, 0.4) is 0 Å². The molecule has 0 fully saturated rings. The molecule has 4 atom stereocenters. The quantitative estimate of drug-likeness (QED) is 0.0829. The van der Waals surface area contributed by atoms with E-state index in [4.69, 9.17) is 9.47 Å². The first-order chi connectivity index (χ1) is 17.9. The number of rotatable bonds is 21. The molecule has 6 heteroatoms. The lowest BCUT2D eigenvalue weighted by Crippen LogP contribution is -2.23. The standard InChI is InChI=1S/C16H30O3.C16H28O3/c2*1-5-16(19-15(4)18)13(2)11-9-7-6-8-10-12-14(3)17/h13,16H,5-12H2,1-4H3;7,9,13,16H,5-6,8,10-12H2,1-4H3/b;9-7+/t2*13-,16+/m11/s1. The smallest absolute Gasteiger partial charge is 0.302 e. The van der Waals surface area contributed by atoms with Gasteiger partial charge in [-0.25, -0.2) is 0 Å². The Bertz CT molecular complexity index is 669. The summed E-state index contributed by atoms with van der Waals surface area (Å²) in [6.07, 6.45) is 18.4. The van der Waals surface area contributed by atoms with Gasteiger partial charge < -0.3 is 19.1 Å². The fourth-order valence-electron chi connectivity index (χ4n) is 4.40. The van der Waals surface area contributed by atoms with Crippen molar-refractivity contribution in [3.63, 3.8) is 0 Å². The van der Waals surface area contributed by atoms with E-state index in [2.05, 4.69) is 32.9 Å². The van der Waals surface area contributed by atoms with E-state index in [1.165, 1.54) is 33.1 Å². The van der Waals surface area contributed by atoms with Gasteiger partial charge in [0.15, 0.2) is 0 Å². The van der Waals surface area contributed by atoms with Crippen LogP contribution in [-0.4, -0.2) is 35.7 Å². The highest BCUT2D eigenvalue weighted by atomic mass is 16.5. The van der Waals surface area contributed by atoms with E-state index in [1.54, 1.807) is 13.8 Å². The van der Waals surface area contributed by atoms with Crippen molar-refractivity contribution in [3.05, 3.63) is 12.2 Å². The molecule has 222 valence electrons. The van der Waals surface area contributed by atoms with Crippen molar-refractivity contribution in [2.24, 2.45) is 11.8 Å². The molecule has 0 saturated carbocycles. The molecule has 0 aromatic heterocycles. The van der Waals surface area contributed by atoms with E-state index in [1.807, 2.05) is 6.92 Å². The van der Waals surface area contributed by atoms with Crippen LogP contribution in [0, 0.1) is 11.8 Å². The van der Waals surface area contributed by atoms with Crippen LogP contribution >= 0.6 is 0 Å². The third kappa shape index (κ3) is 25.7. The van der Waals surface area contributed by atoms with Crippen molar-refractivity contribution in [1.82, 2.24) is 0 Å². The number of ketones is 2. The van der Waals surface area contributed by atoms with Gasteiger partial charge in [0, 0.05) is 26.7 Å². The Morgan fingerprint density at radius 1 is 0.605 bits per heavy atom. The number of ether oxygens (including phenoxy) is 2. The second-order valence-electron chi connectivity index (χ2n) is 10.7. The summed E-state index contributed by atoms with van der Waals surface area (Å²) in [5, 5.41) is 0. The van der Waals surface area contributed by atoms with E-state index in [0.717, 1.165) is 64.2 Å². The lowest BCUT2D eigenvalue weighted by atomic mass is 9.95. The van der Waals surface area contributed by atoms with E-state index in [9.17, 15) is 19.2 Å². The van der Waals surface area contributed by atoms with Gasteiger partial charge in [0.2, 0.25) is 0 Å². The normalized spacial score (nSPS) is 14.1. The second-order valence-corrected chi connectivity index (χ2v) is 10.7. The molecule has 0 aromatic rings. The number of esters is 2. The fraction of sp³-hybridized carbons (Fsp3) is 0.812. The highest BCUT2D eigenvalue weighted by Gasteiger charge is 2.18. The van der Waals surface area contributed by atoms with Crippen LogP contribution in [-0.2, 0) is 28.7 Å². The summed E-state index contributed by atoms with van der Waals surface area (Å²) in [7, 11) is 0. The zero-order valence-electron chi connectivity index (χ0n) is 25.8. The van der Waals surface area contributed by atoms with Gasteiger partial charge in [-0.1, -0.05) is 65.5 Å². The average molecular weight is 539 g/mol. The second kappa shape index (κ2) is 25.3. The Balaban J connectivity index is 0. The maximum absolute atomic E-state index is 11.0. The molecule has 38 heavy (non-hydrogen) atoms. The molecule has 0 aliphatic rings. The number of carbonyl (C=O) groups is 4. The van der Waals surface area contributed by atoms with Gasteiger partial charge in [-0.3, -0.25) is 9.59 Å². The summed E-state index contributed by atoms with van der Waals surface area (Å²) in [4.78, 5) is 43.5. The highest BCUT2D eigenvalue weighted by molar-refractivity contribution is 5.75. The first-order valence-electron chi connectivity index (χ1n) is 14.9. The summed E-state index contributed by atoms with van der Waals surface area (Å²) in [5.74, 6) is 0.967. The minimum Gasteiger partial charge on any atom is -0.462 e. The number of unbranched alkanes of at least 4 members (excludes halogenated alkanes) is 6. The summed E-state index contributed by atoms with van der Waals surface area (Å²) < 4.78 is 10.6. The van der Waals surface area contributed by atoms with E-state index >= 15 is 0 Å². The predicted octanol–water partition coefficient (Wildman–Crippen LogP) is 8.34. The van der Waals surface area contributed by atoms with Gasteiger partial charge in [-0.05, 0) is 77.0 Å². The number of carbonyl (C=O) groups excluding carboxylic acids is 4. The summed E-state index contributed by atoms with van der Waals surface area (Å²) in [5.41, 5.74) is 0. The monoisotopic (exact) mass is 538 g/mol. The minimum absolute atomic E-state index is 0.0138. The molecule has 0 N–H and O–H groups in total. The average Bonchev–Trinajstić information content (AvgIpc) is 2.84. The zero-order valence-corrected chi connectivity index (χ0v) is 25.8. The van der Waals surface area contributed by atoms with Gasteiger partial charge in [0.1, 0.15) is 23.8 Å². The van der Waals surface area contributed by atoms with Crippen molar-refractivity contribution in [1.29, 1.82) is 0 Å². The Labute approximate surface area is 233 Å². The Morgan fingerprint density at radius 2 is 1.05 bits per heavy atom. The predicted molar refractivity (Wildman–Crippen MR) is 156 cm³/mol. The van der Waals surface area contributed by atoms with Crippen LogP contribution in [0.2, 0.25) is 0 Å². The largest absolute Gasteiger partial charge is 0.462 e. The van der Waals surface area contributed by atoms with Crippen LogP contribution in [0.4, 0.5) is 0 Å². The summed E-state index contributed by atoms with van der Waals surface area (Å²) in [6, 6.07) is 0. The van der Waals surface area contributed by atoms with Gasteiger partial charge in [-0.2, -0.15) is 0 Å². The molecule has 0 rings (SSSR count). The summed E-state index contributed by atoms with van der Waals surface area (Å²) in [6.45, 7) is 14.6. The van der Waals surface area contributed by atoms with Crippen molar-refractivity contribution < 1.29 is 28.7 Å². The van der Waals surface area contributed by atoms with Gasteiger partial charge >= 0.3 is 11.9 Å². The van der Waals surface area contributed by atoms with Crippen LogP contribution in [0.1, 0.15) is 145 Å². The zero-order chi connectivity index (χ0) is 29.3. The Morgan fingerprint density at radius 3 is 1.53 bits per heavy atom. The molecule has 0 radical (unpaired) electrons. The van der Waals surface area contributed by atoms with Crippen LogP contribution in [0.5, 0.6) is 0 Å². The maximum Gasteiger partial charge on any atom is 0.302 e. The first kappa shape index (κ1) is 38.2. The molecule has 6 nitrogen and oxygen atoms in total. The van der Waals surface area contributed by atoms with Crippen molar-refractivity contribution in [2.45, 2.75) is 157 Å². The van der Waals surface area contributed by atoms with E-state index < -0.39 is 0 Å². The number of hydrogen-bond acceptors (Lipinski definition) is 6. The topological polar surface area (TPSA) is 86.7 Å². The highest BCUT2D eigenvalue weighted by Crippen LogP contribution is 2.20. The number of Topliss-reactive ketones (excluding diaryl/α,β-unsaturated/α-hetero) is 2. The van der Waals surface area contributed by atoms with Crippen molar-refractivity contribution >= 4 is 23.5 Å². The van der Waals surface area contributed by atoms with Crippen LogP contribution in [0.15, 0.2) is 12.2 Å². The van der Waals surface area contributed by atoms with Crippen molar-refractivity contribution in [2.75, 3.05) is 0 Å².